The van der Waals surface area contributed by atoms with Crippen molar-refractivity contribution in [2.75, 3.05) is 9.80 Å². The van der Waals surface area contributed by atoms with Crippen LogP contribution in [0.4, 0.5) is 34.1 Å². The third kappa shape index (κ3) is 13.7. The highest BCUT2D eigenvalue weighted by atomic mass is 15.2. The van der Waals surface area contributed by atoms with Crippen molar-refractivity contribution in [2.45, 2.75) is 209 Å². The van der Waals surface area contributed by atoms with Crippen LogP contribution < -0.4 is 26.2 Å². The van der Waals surface area contributed by atoms with Crippen LogP contribution in [0.25, 0.3) is 99.5 Å². The average molecular weight is 1530 g/mol. The number of para-hydroxylation sites is 2. The van der Waals surface area contributed by atoms with Gasteiger partial charge in [0.25, 0.3) is 6.71 Å². The van der Waals surface area contributed by atoms with Gasteiger partial charge in [-0.2, -0.15) is 5.26 Å². The summed E-state index contributed by atoms with van der Waals surface area (Å²) in [5, 5.41) is 16.3. The van der Waals surface area contributed by atoms with Crippen molar-refractivity contribution in [3.63, 3.8) is 0 Å². The van der Waals surface area contributed by atoms with E-state index in [2.05, 4.69) is 395 Å². The number of hydrogen-bond donors (Lipinski definition) is 0. The van der Waals surface area contributed by atoms with Gasteiger partial charge in [-0.3, -0.25) is 0 Å². The molecule has 4 heterocycles. The second-order valence-corrected chi connectivity index (χ2v) is 41.7. The summed E-state index contributed by atoms with van der Waals surface area (Å²) in [7, 11) is 0. The van der Waals surface area contributed by atoms with E-state index in [-0.39, 0.29) is 56.7 Å². The van der Waals surface area contributed by atoms with E-state index in [0.29, 0.717) is 22.3 Å². The summed E-state index contributed by atoms with van der Waals surface area (Å²) in [4.78, 5) is 5.03. The summed E-state index contributed by atoms with van der Waals surface area (Å²) in [6.07, 6.45) is 0. The minimum atomic E-state index is -0.762. The zero-order chi connectivity index (χ0) is 86.6. The Labute approximate surface area is 702 Å². The number of hydrogen-bond acceptors (Lipinski definition) is 3. The number of rotatable bonds is 8. The lowest BCUT2D eigenvalue weighted by Gasteiger charge is -2.45. The first-order valence-corrected chi connectivity index (χ1v) is 42.1. The highest BCUT2D eigenvalue weighted by Gasteiger charge is 2.46. The van der Waals surface area contributed by atoms with Crippen LogP contribution in [0.5, 0.6) is 0 Å². The quantitative estimate of drug-likeness (QED) is 0.142. The molecule has 5 nitrogen and oxygen atoms in total. The molecule has 0 spiro atoms. The van der Waals surface area contributed by atoms with Crippen molar-refractivity contribution in [3.05, 3.63) is 305 Å². The van der Waals surface area contributed by atoms with Gasteiger partial charge in [-0.05, 0) is 235 Å². The number of anilines is 6. The molecule has 0 atom stereocenters. The zero-order valence-corrected chi connectivity index (χ0v) is 73.3. The number of nitrogens with zero attached hydrogens (tertiary/aromatic N) is 5. The molecule has 0 unspecified atom stereocenters. The van der Waals surface area contributed by atoms with E-state index in [1.807, 2.05) is 26.8 Å². The first-order valence-electron chi connectivity index (χ1n) is 44.1. The van der Waals surface area contributed by atoms with Crippen LogP contribution in [-0.2, 0) is 43.3 Å². The molecule has 0 fully saturated rings. The molecule has 586 valence electrons. The Kier molecular flexibility index (Phi) is 17.1. The van der Waals surface area contributed by atoms with Gasteiger partial charge in [-0.1, -0.05) is 324 Å². The van der Waals surface area contributed by atoms with Crippen molar-refractivity contribution < 1.29 is 5.48 Å². The standard InChI is InChI=1S/C111H114BN5/c1-104(2,3)75-36-32-35-70(51-75)88-64-82(111(22,23)24)63-87(68-33-26-25-27-34-68)103(88)117-98-56-69(72-52-78(107(10,11)12)59-79(53-72)108(13,14)15)42-47-91(98)112-92-48-46-84(114-95-49-43-76(105(4,5)6)61-89(95)90-62-77(106(7,8)9)44-50-96(90)114)66-99(92)115(100-57-74(58-101(117)102(100)112)73-54-80(109(16,17)18)60-81(55-73)110(19,20)21)83-45-41-71(67-113)97(65-83)116-93-39-30-28-37-85(93)86-38-29-31-40-94(86)116/h25-66H,1-24H3/i32D,35D,36D,51D. The Morgan fingerprint density at radius 3 is 1.21 bits per heavy atom. The molecule has 0 radical (unpaired) electrons. The summed E-state index contributed by atoms with van der Waals surface area (Å²) < 4.78 is 45.9. The number of nitriles is 1. The highest BCUT2D eigenvalue weighted by molar-refractivity contribution is 7.00. The monoisotopic (exact) mass is 1530 g/mol. The SMILES string of the molecule is [2H]c1c([2H])c(-c2cc(C(C)(C)C)cc(-c3ccccc3)c2N2c3cc(-c4cc(C(C)(C)C)cc(C(C)(C)C)c4)ccc3B3c4ccc(-n5c6ccc(C(C)(C)C)cc6c6cc(C(C)(C)C)ccc65)cc4N(c4ccc(C#N)c(-n5c6ccccc6c6ccccc65)c4)c4cc(-c5cc(C(C)(C)C)cc(C(C)(C)C)c5)cc2c43)c([2H])c(C(C)(C)C)c1[2H]. The van der Waals surface area contributed by atoms with E-state index in [0.717, 1.165) is 134 Å². The van der Waals surface area contributed by atoms with Crippen LogP contribution in [0.15, 0.2) is 255 Å². The van der Waals surface area contributed by atoms with E-state index < -0.39 is 17.5 Å². The lowest BCUT2D eigenvalue weighted by atomic mass is 9.33. The lowest BCUT2D eigenvalue weighted by Crippen LogP contribution is -2.61. The molecule has 17 rings (SSSR count). The van der Waals surface area contributed by atoms with Crippen molar-refractivity contribution in [1.82, 2.24) is 9.13 Å². The third-order valence-corrected chi connectivity index (χ3v) is 24.9. The van der Waals surface area contributed by atoms with Gasteiger partial charge >= 0.3 is 0 Å². The Bertz CT molecular complexity index is 6670. The van der Waals surface area contributed by atoms with Crippen LogP contribution in [0, 0.1) is 11.3 Å². The minimum Gasteiger partial charge on any atom is -0.311 e. The van der Waals surface area contributed by atoms with E-state index in [4.69, 9.17) is 0 Å². The van der Waals surface area contributed by atoms with Crippen LogP contribution in [0.2, 0.25) is 0 Å². The second-order valence-electron chi connectivity index (χ2n) is 41.7. The molecule has 13 aromatic carbocycles. The molecular weight excluding hydrogens is 1410 g/mol. The normalized spacial score (nSPS) is 14.1. The molecular formula is C111H114BN5. The first-order chi connectivity index (χ1) is 56.7. The Hall–Kier alpha value is -11.4. The summed E-state index contributed by atoms with van der Waals surface area (Å²) >= 11 is 0. The van der Waals surface area contributed by atoms with Gasteiger partial charge < -0.3 is 18.9 Å². The van der Waals surface area contributed by atoms with Gasteiger partial charge in [0.05, 0.1) is 44.5 Å². The van der Waals surface area contributed by atoms with Crippen LogP contribution in [0.3, 0.4) is 0 Å². The van der Waals surface area contributed by atoms with E-state index in [9.17, 15) is 10.7 Å². The number of aromatic nitrogens is 2. The average Bonchev–Trinajstić information content (AvgIpc) is 1.21. The molecule has 0 amide bonds. The van der Waals surface area contributed by atoms with Crippen molar-refractivity contribution >= 4 is 101 Å². The van der Waals surface area contributed by atoms with Gasteiger partial charge in [0, 0.05) is 66.8 Å². The number of benzene rings is 13. The van der Waals surface area contributed by atoms with E-state index >= 15 is 0 Å². The fourth-order valence-electron chi connectivity index (χ4n) is 17.8. The molecule has 15 aromatic rings. The van der Waals surface area contributed by atoms with Crippen LogP contribution >= 0.6 is 0 Å². The Balaban J connectivity index is 1.10. The maximum Gasteiger partial charge on any atom is 0.252 e. The Morgan fingerprint density at radius 2 is 0.701 bits per heavy atom. The topological polar surface area (TPSA) is 40.1 Å². The van der Waals surface area contributed by atoms with Gasteiger partial charge in [0.1, 0.15) is 6.07 Å². The summed E-state index contributed by atoms with van der Waals surface area (Å²) in [5.41, 5.74) is 28.4. The summed E-state index contributed by atoms with van der Waals surface area (Å²) in [5.74, 6) is 0. The van der Waals surface area contributed by atoms with E-state index in [1.165, 1.54) is 44.2 Å². The zero-order valence-electron chi connectivity index (χ0n) is 77.3. The molecule has 0 bridgehead atoms. The maximum atomic E-state index is 11.7. The predicted molar refractivity (Wildman–Crippen MR) is 505 cm³/mol. The summed E-state index contributed by atoms with van der Waals surface area (Å²) in [6, 6.07) is 89.0. The summed E-state index contributed by atoms with van der Waals surface area (Å²) in [6.45, 7) is 53.8. The van der Waals surface area contributed by atoms with Gasteiger partial charge in [0.15, 0.2) is 0 Å². The first kappa shape index (κ1) is 73.3. The molecule has 0 saturated carbocycles. The minimum absolute atomic E-state index is 0.0650. The largest absolute Gasteiger partial charge is 0.311 e. The predicted octanol–water partition coefficient (Wildman–Crippen LogP) is 28.9. The third-order valence-electron chi connectivity index (χ3n) is 24.9. The van der Waals surface area contributed by atoms with Crippen LogP contribution in [-0.4, -0.2) is 15.8 Å². The van der Waals surface area contributed by atoms with E-state index in [1.54, 1.807) is 0 Å². The fraction of sp³-hybridized carbons (Fsp3) is 0.288. The Morgan fingerprint density at radius 1 is 0.291 bits per heavy atom. The molecule has 2 aliphatic rings. The molecule has 0 N–H and O–H groups in total. The maximum absolute atomic E-state index is 11.7. The second kappa shape index (κ2) is 27.4. The van der Waals surface area contributed by atoms with Gasteiger partial charge in [0.2, 0.25) is 0 Å². The molecule has 6 heteroatoms. The smallest absolute Gasteiger partial charge is 0.252 e. The van der Waals surface area contributed by atoms with Gasteiger partial charge in [-0.15, -0.1) is 0 Å². The fourth-order valence-corrected chi connectivity index (χ4v) is 17.8. The molecule has 2 aromatic heterocycles. The molecule has 2 aliphatic heterocycles. The molecule has 0 saturated heterocycles. The lowest BCUT2D eigenvalue weighted by molar-refractivity contribution is 0.568. The molecule has 117 heavy (non-hydrogen) atoms. The van der Waals surface area contributed by atoms with Crippen molar-refractivity contribution in [1.29, 1.82) is 5.26 Å². The van der Waals surface area contributed by atoms with Gasteiger partial charge in [-0.25, -0.2) is 0 Å². The van der Waals surface area contributed by atoms with Crippen molar-refractivity contribution in [3.8, 4) is 62.0 Å². The number of fused-ring (bicyclic) bond motifs is 10. The van der Waals surface area contributed by atoms with Crippen molar-refractivity contribution in [2.24, 2.45) is 0 Å². The van der Waals surface area contributed by atoms with Crippen LogP contribution in [0.1, 0.15) is 222 Å². The highest BCUT2D eigenvalue weighted by Crippen LogP contribution is 2.55. The molecule has 0 aliphatic carbocycles.